The van der Waals surface area contributed by atoms with Gasteiger partial charge in [-0.1, -0.05) is 60.7 Å². The van der Waals surface area contributed by atoms with Crippen molar-refractivity contribution in [1.29, 1.82) is 0 Å². The second-order valence-corrected chi connectivity index (χ2v) is 4.54. The van der Waals surface area contributed by atoms with Gasteiger partial charge in [-0.3, -0.25) is 4.79 Å². The summed E-state index contributed by atoms with van der Waals surface area (Å²) < 4.78 is 5.48. The van der Waals surface area contributed by atoms with Gasteiger partial charge in [-0.2, -0.15) is 0 Å². The zero-order valence-electron chi connectivity index (χ0n) is 9.95. The van der Waals surface area contributed by atoms with E-state index in [0.29, 0.717) is 0 Å². The Kier molecular flexibility index (Phi) is 2.85. The minimum absolute atomic E-state index is 0.107. The fourth-order valence-electron chi connectivity index (χ4n) is 2.41. The first-order valence-electron chi connectivity index (χ1n) is 6.15. The van der Waals surface area contributed by atoms with Gasteiger partial charge in [0.2, 0.25) is 0 Å². The molecule has 90 valence electrons. The van der Waals surface area contributed by atoms with Crippen molar-refractivity contribution in [2.45, 2.75) is 18.4 Å². The minimum Gasteiger partial charge on any atom is -0.457 e. The molecular formula is C16H14O2. The topological polar surface area (TPSA) is 26.3 Å². The van der Waals surface area contributed by atoms with E-state index >= 15 is 0 Å². The van der Waals surface area contributed by atoms with E-state index in [2.05, 4.69) is 0 Å². The van der Waals surface area contributed by atoms with Gasteiger partial charge in [0.1, 0.15) is 6.10 Å². The van der Waals surface area contributed by atoms with Crippen molar-refractivity contribution >= 4 is 5.97 Å². The number of esters is 1. The summed E-state index contributed by atoms with van der Waals surface area (Å²) in [6.07, 6.45) is 0.622. The number of carbonyl (C=O) groups is 1. The number of rotatable bonds is 2. The number of ether oxygens (including phenoxy) is 1. The first-order valence-corrected chi connectivity index (χ1v) is 6.15. The molecule has 1 fully saturated rings. The number of cyclic esters (lactones) is 1. The molecule has 0 aromatic heterocycles. The van der Waals surface area contributed by atoms with Crippen LogP contribution >= 0.6 is 0 Å². The number of hydrogen-bond acceptors (Lipinski definition) is 2. The Morgan fingerprint density at radius 2 is 1.39 bits per heavy atom. The summed E-state index contributed by atoms with van der Waals surface area (Å²) in [6.45, 7) is 0. The van der Waals surface area contributed by atoms with Gasteiger partial charge < -0.3 is 4.74 Å². The molecule has 0 spiro atoms. The van der Waals surface area contributed by atoms with Crippen molar-refractivity contribution in [3.05, 3.63) is 71.8 Å². The van der Waals surface area contributed by atoms with Crippen LogP contribution in [0.25, 0.3) is 0 Å². The summed E-state index contributed by atoms with van der Waals surface area (Å²) in [6, 6.07) is 19.8. The quantitative estimate of drug-likeness (QED) is 0.749. The Balaban J connectivity index is 1.83. The van der Waals surface area contributed by atoms with Crippen molar-refractivity contribution in [3.8, 4) is 0 Å². The number of benzene rings is 2. The Hall–Kier alpha value is -2.09. The van der Waals surface area contributed by atoms with Gasteiger partial charge in [0, 0.05) is 6.42 Å². The number of hydrogen-bond donors (Lipinski definition) is 0. The highest BCUT2D eigenvalue weighted by molar-refractivity contribution is 5.80. The first kappa shape index (κ1) is 11.0. The lowest BCUT2D eigenvalue weighted by molar-refractivity contribution is -0.142. The van der Waals surface area contributed by atoms with E-state index in [0.717, 1.165) is 17.5 Å². The zero-order valence-corrected chi connectivity index (χ0v) is 9.95. The highest BCUT2D eigenvalue weighted by atomic mass is 16.6. The van der Waals surface area contributed by atoms with Gasteiger partial charge in [-0.05, 0) is 11.1 Å². The van der Waals surface area contributed by atoms with Crippen molar-refractivity contribution in [3.63, 3.8) is 0 Å². The molecule has 2 aromatic rings. The molecule has 1 heterocycles. The summed E-state index contributed by atoms with van der Waals surface area (Å²) in [7, 11) is 0. The third kappa shape index (κ3) is 2.02. The van der Waals surface area contributed by atoms with Crippen molar-refractivity contribution < 1.29 is 9.53 Å². The molecule has 1 aliphatic heterocycles. The Morgan fingerprint density at radius 3 is 2.00 bits per heavy atom. The van der Waals surface area contributed by atoms with E-state index in [-0.39, 0.29) is 18.0 Å². The molecule has 1 saturated heterocycles. The maximum Gasteiger partial charge on any atom is 0.314 e. The van der Waals surface area contributed by atoms with E-state index in [4.69, 9.17) is 4.74 Å². The standard InChI is InChI=1S/C16H14O2/c17-16-14(12-7-3-1-4-8-12)11-15(18-16)13-9-5-2-6-10-13/h1-10,14-15H,11H2/t14-,15+/m0/s1. The predicted octanol–water partition coefficient (Wildman–Crippen LogP) is 3.46. The molecule has 1 aliphatic rings. The SMILES string of the molecule is O=C1O[C@@H](c2ccccc2)C[C@H]1c1ccccc1. The van der Waals surface area contributed by atoms with Crippen molar-refractivity contribution in [2.24, 2.45) is 0 Å². The van der Waals surface area contributed by atoms with Gasteiger partial charge in [-0.25, -0.2) is 0 Å². The molecule has 3 rings (SSSR count). The summed E-state index contributed by atoms with van der Waals surface area (Å²) >= 11 is 0. The average Bonchev–Trinajstić information content (AvgIpc) is 2.83. The van der Waals surface area contributed by atoms with E-state index in [1.807, 2.05) is 60.7 Å². The van der Waals surface area contributed by atoms with Crippen LogP contribution in [0.4, 0.5) is 0 Å². The molecule has 2 heteroatoms. The molecule has 0 aliphatic carbocycles. The van der Waals surface area contributed by atoms with Crippen molar-refractivity contribution in [1.82, 2.24) is 0 Å². The minimum atomic E-state index is -0.128. The molecule has 0 amide bonds. The van der Waals surface area contributed by atoms with E-state index < -0.39 is 0 Å². The van der Waals surface area contributed by atoms with Crippen LogP contribution in [-0.2, 0) is 9.53 Å². The fraction of sp³-hybridized carbons (Fsp3) is 0.188. The maximum absolute atomic E-state index is 11.9. The first-order chi connectivity index (χ1) is 8.84. The predicted molar refractivity (Wildman–Crippen MR) is 69.1 cm³/mol. The van der Waals surface area contributed by atoms with Crippen LogP contribution < -0.4 is 0 Å². The summed E-state index contributed by atoms with van der Waals surface area (Å²) in [5, 5.41) is 0. The second kappa shape index (κ2) is 4.65. The highest BCUT2D eigenvalue weighted by Gasteiger charge is 2.35. The van der Waals surface area contributed by atoms with Gasteiger partial charge in [0.15, 0.2) is 0 Å². The molecule has 0 radical (unpaired) electrons. The monoisotopic (exact) mass is 238 g/mol. The van der Waals surface area contributed by atoms with Crippen LogP contribution in [-0.4, -0.2) is 5.97 Å². The van der Waals surface area contributed by atoms with Gasteiger partial charge in [0.05, 0.1) is 5.92 Å². The smallest absolute Gasteiger partial charge is 0.314 e. The molecule has 18 heavy (non-hydrogen) atoms. The summed E-state index contributed by atoms with van der Waals surface area (Å²) in [4.78, 5) is 11.9. The second-order valence-electron chi connectivity index (χ2n) is 4.54. The van der Waals surface area contributed by atoms with Gasteiger partial charge in [-0.15, -0.1) is 0 Å². The summed E-state index contributed by atoms with van der Waals surface area (Å²) in [5.41, 5.74) is 2.12. The molecule has 0 saturated carbocycles. The third-order valence-corrected chi connectivity index (χ3v) is 3.37. The normalized spacial score (nSPS) is 22.8. The molecule has 0 bridgehead atoms. The number of carbonyl (C=O) groups excluding carboxylic acids is 1. The lowest BCUT2D eigenvalue weighted by Gasteiger charge is -2.08. The van der Waals surface area contributed by atoms with Crippen LogP contribution in [0.2, 0.25) is 0 Å². The largest absolute Gasteiger partial charge is 0.457 e. The third-order valence-electron chi connectivity index (χ3n) is 3.37. The Morgan fingerprint density at radius 1 is 0.833 bits per heavy atom. The van der Waals surface area contributed by atoms with Crippen LogP contribution in [0.15, 0.2) is 60.7 Å². The lowest BCUT2D eigenvalue weighted by Crippen LogP contribution is -2.04. The Labute approximate surface area is 106 Å². The molecule has 0 N–H and O–H groups in total. The van der Waals surface area contributed by atoms with Crippen LogP contribution in [0.5, 0.6) is 0 Å². The van der Waals surface area contributed by atoms with Crippen LogP contribution in [0.3, 0.4) is 0 Å². The Bertz CT molecular complexity index is 534. The highest BCUT2D eigenvalue weighted by Crippen LogP contribution is 2.38. The molecular weight excluding hydrogens is 224 g/mol. The zero-order chi connectivity index (χ0) is 12.4. The van der Waals surface area contributed by atoms with E-state index in [9.17, 15) is 4.79 Å². The van der Waals surface area contributed by atoms with Crippen LogP contribution in [0.1, 0.15) is 29.6 Å². The van der Waals surface area contributed by atoms with Gasteiger partial charge in [0.25, 0.3) is 0 Å². The maximum atomic E-state index is 11.9. The summed E-state index contributed by atoms with van der Waals surface area (Å²) in [5.74, 6) is -0.244. The molecule has 0 unspecified atom stereocenters. The molecule has 2 nitrogen and oxygen atoms in total. The van der Waals surface area contributed by atoms with Crippen molar-refractivity contribution in [2.75, 3.05) is 0 Å². The fourth-order valence-corrected chi connectivity index (χ4v) is 2.41. The lowest BCUT2D eigenvalue weighted by atomic mass is 9.94. The molecule has 2 atom stereocenters. The molecule has 2 aromatic carbocycles. The van der Waals surface area contributed by atoms with E-state index in [1.54, 1.807) is 0 Å². The van der Waals surface area contributed by atoms with E-state index in [1.165, 1.54) is 0 Å². The van der Waals surface area contributed by atoms with Gasteiger partial charge >= 0.3 is 5.97 Å². The average molecular weight is 238 g/mol. The van der Waals surface area contributed by atoms with Crippen LogP contribution in [0, 0.1) is 0 Å².